The largest absolute Gasteiger partial charge is 0.303 e. The van der Waals surface area contributed by atoms with Crippen LogP contribution >= 0.6 is 11.6 Å². The van der Waals surface area contributed by atoms with Crippen molar-refractivity contribution in [3.8, 4) is 0 Å². The van der Waals surface area contributed by atoms with E-state index in [4.69, 9.17) is 11.6 Å². The van der Waals surface area contributed by atoms with Crippen molar-refractivity contribution < 1.29 is 9.59 Å². The minimum atomic E-state index is -0.465. The van der Waals surface area contributed by atoms with Crippen molar-refractivity contribution in [3.63, 3.8) is 0 Å². The number of piperazine rings is 1. The van der Waals surface area contributed by atoms with Gasteiger partial charge in [0.1, 0.15) is 0 Å². The highest BCUT2D eigenvalue weighted by Crippen LogP contribution is 2.31. The first kappa shape index (κ1) is 19.1. The summed E-state index contributed by atoms with van der Waals surface area (Å²) in [5.41, 5.74) is 5.82. The normalized spacial score (nSPS) is 18.0. The second-order valence-corrected chi connectivity index (χ2v) is 7.53. The molecule has 0 aromatic heterocycles. The lowest BCUT2D eigenvalue weighted by atomic mass is 10.1. The summed E-state index contributed by atoms with van der Waals surface area (Å²) in [6.45, 7) is 5.77. The molecule has 28 heavy (non-hydrogen) atoms. The van der Waals surface area contributed by atoms with E-state index in [1.807, 2.05) is 18.2 Å². The molecule has 7 heteroatoms. The predicted molar refractivity (Wildman–Crippen MR) is 109 cm³/mol. The van der Waals surface area contributed by atoms with Crippen LogP contribution in [0.4, 0.5) is 5.69 Å². The standard InChI is InChI=1S/C21H23ClN4O2/c22-17-6-7-19-18(14-17)20(27)21(28)26(19)13-10-24-8-11-25(12-9-24)23-15-16-4-2-1-3-5-16/h1-7,14,23H,8-13,15H2. The lowest BCUT2D eigenvalue weighted by Crippen LogP contribution is -2.53. The molecule has 0 atom stereocenters. The summed E-state index contributed by atoms with van der Waals surface area (Å²) in [7, 11) is 0. The van der Waals surface area contributed by atoms with Crippen LogP contribution in [0.1, 0.15) is 15.9 Å². The van der Waals surface area contributed by atoms with Gasteiger partial charge in [0.25, 0.3) is 11.7 Å². The number of hydrogen-bond acceptors (Lipinski definition) is 5. The molecule has 2 aliphatic heterocycles. The number of Topliss-reactive ketones (excluding diaryl/α,β-unsaturated/α-hetero) is 1. The summed E-state index contributed by atoms with van der Waals surface area (Å²) in [6.07, 6.45) is 0. The number of nitrogens with zero attached hydrogens (tertiary/aromatic N) is 3. The van der Waals surface area contributed by atoms with Crippen molar-refractivity contribution in [1.82, 2.24) is 15.3 Å². The van der Waals surface area contributed by atoms with Crippen molar-refractivity contribution in [2.45, 2.75) is 6.54 Å². The van der Waals surface area contributed by atoms with E-state index >= 15 is 0 Å². The monoisotopic (exact) mass is 398 g/mol. The van der Waals surface area contributed by atoms with Crippen molar-refractivity contribution in [3.05, 3.63) is 64.7 Å². The third-order valence-electron chi connectivity index (χ3n) is 5.30. The topological polar surface area (TPSA) is 55.9 Å². The molecule has 6 nitrogen and oxygen atoms in total. The van der Waals surface area contributed by atoms with Gasteiger partial charge in [-0.25, -0.2) is 5.01 Å². The number of fused-ring (bicyclic) bond motifs is 1. The Bertz CT molecular complexity index is 866. The average molecular weight is 399 g/mol. The SMILES string of the molecule is O=C1C(=O)N(CCN2CCN(NCc3ccccc3)CC2)c2ccc(Cl)cc21. The van der Waals surface area contributed by atoms with E-state index in [9.17, 15) is 9.59 Å². The number of rotatable bonds is 6. The molecule has 146 valence electrons. The van der Waals surface area contributed by atoms with Gasteiger partial charge in [-0.1, -0.05) is 41.9 Å². The summed E-state index contributed by atoms with van der Waals surface area (Å²) in [4.78, 5) is 28.4. The van der Waals surface area contributed by atoms with E-state index in [1.165, 1.54) is 5.56 Å². The van der Waals surface area contributed by atoms with Crippen molar-refractivity contribution in [2.75, 3.05) is 44.2 Å². The maximum Gasteiger partial charge on any atom is 0.299 e. The Morgan fingerprint density at radius 2 is 1.68 bits per heavy atom. The quantitative estimate of drug-likeness (QED) is 0.756. The van der Waals surface area contributed by atoms with Gasteiger partial charge >= 0.3 is 0 Å². The molecular formula is C21H23ClN4O2. The maximum atomic E-state index is 12.3. The Kier molecular flexibility index (Phi) is 5.73. The van der Waals surface area contributed by atoms with Gasteiger partial charge < -0.3 is 4.90 Å². The second-order valence-electron chi connectivity index (χ2n) is 7.10. The third kappa shape index (κ3) is 4.10. The van der Waals surface area contributed by atoms with E-state index in [-0.39, 0.29) is 0 Å². The fraction of sp³-hybridized carbons (Fsp3) is 0.333. The molecule has 2 aliphatic rings. The van der Waals surface area contributed by atoms with Gasteiger partial charge in [0.2, 0.25) is 0 Å². The van der Waals surface area contributed by atoms with Gasteiger partial charge in [0.15, 0.2) is 0 Å². The number of amides is 1. The Balaban J connectivity index is 1.26. The summed E-state index contributed by atoms with van der Waals surface area (Å²) >= 11 is 5.96. The van der Waals surface area contributed by atoms with E-state index < -0.39 is 11.7 Å². The molecule has 1 fully saturated rings. The zero-order valence-corrected chi connectivity index (χ0v) is 16.4. The molecule has 2 aromatic rings. The summed E-state index contributed by atoms with van der Waals surface area (Å²) in [5, 5.41) is 2.71. The molecule has 1 saturated heterocycles. The summed E-state index contributed by atoms with van der Waals surface area (Å²) < 4.78 is 0. The number of hydrazine groups is 1. The van der Waals surface area contributed by atoms with Gasteiger partial charge in [0, 0.05) is 50.8 Å². The molecule has 2 heterocycles. The number of carbonyl (C=O) groups is 2. The molecule has 0 unspecified atom stereocenters. The fourth-order valence-electron chi connectivity index (χ4n) is 3.66. The molecule has 0 radical (unpaired) electrons. The van der Waals surface area contributed by atoms with Crippen LogP contribution in [-0.4, -0.2) is 60.9 Å². The average Bonchev–Trinajstić information content (AvgIpc) is 2.96. The van der Waals surface area contributed by atoms with E-state index in [2.05, 4.69) is 27.5 Å². The maximum absolute atomic E-state index is 12.3. The Morgan fingerprint density at radius 3 is 2.43 bits per heavy atom. The van der Waals surface area contributed by atoms with Crippen LogP contribution in [0.3, 0.4) is 0 Å². The number of ketones is 1. The lowest BCUT2D eigenvalue weighted by molar-refractivity contribution is -0.114. The predicted octanol–water partition coefficient (Wildman–Crippen LogP) is 2.19. The number of hydrogen-bond donors (Lipinski definition) is 1. The van der Waals surface area contributed by atoms with Crippen LogP contribution in [0.25, 0.3) is 0 Å². The minimum Gasteiger partial charge on any atom is -0.303 e. The lowest BCUT2D eigenvalue weighted by Gasteiger charge is -2.35. The van der Waals surface area contributed by atoms with Crippen LogP contribution in [-0.2, 0) is 11.3 Å². The second kappa shape index (κ2) is 8.41. The number of carbonyl (C=O) groups excluding carboxylic acids is 2. The van der Waals surface area contributed by atoms with Gasteiger partial charge in [0.05, 0.1) is 11.3 Å². The first-order chi connectivity index (χ1) is 13.6. The number of benzene rings is 2. The summed E-state index contributed by atoms with van der Waals surface area (Å²) in [5.74, 6) is -0.923. The van der Waals surface area contributed by atoms with Crippen molar-refractivity contribution in [1.29, 1.82) is 0 Å². The van der Waals surface area contributed by atoms with Crippen LogP contribution in [0.15, 0.2) is 48.5 Å². The molecule has 2 aromatic carbocycles. The Hall–Kier alpha value is -2.25. The first-order valence-corrected chi connectivity index (χ1v) is 9.90. The van der Waals surface area contributed by atoms with Crippen LogP contribution in [0, 0.1) is 0 Å². The summed E-state index contributed by atoms with van der Waals surface area (Å²) in [6, 6.07) is 15.4. The molecule has 4 rings (SSSR count). The van der Waals surface area contributed by atoms with Gasteiger partial charge in [-0.15, -0.1) is 0 Å². The van der Waals surface area contributed by atoms with Gasteiger partial charge in [-0.2, -0.15) is 0 Å². The molecule has 1 amide bonds. The third-order valence-corrected chi connectivity index (χ3v) is 5.53. The highest BCUT2D eigenvalue weighted by atomic mass is 35.5. The zero-order chi connectivity index (χ0) is 19.5. The van der Waals surface area contributed by atoms with Crippen LogP contribution in [0.5, 0.6) is 0 Å². The highest BCUT2D eigenvalue weighted by Gasteiger charge is 2.35. The van der Waals surface area contributed by atoms with Crippen LogP contribution in [0.2, 0.25) is 5.02 Å². The highest BCUT2D eigenvalue weighted by molar-refractivity contribution is 6.52. The minimum absolute atomic E-state index is 0.410. The van der Waals surface area contributed by atoms with Crippen molar-refractivity contribution >= 4 is 29.0 Å². The van der Waals surface area contributed by atoms with E-state index in [1.54, 1.807) is 23.1 Å². The Labute approximate surface area is 169 Å². The van der Waals surface area contributed by atoms with E-state index in [0.29, 0.717) is 22.8 Å². The van der Waals surface area contributed by atoms with Crippen LogP contribution < -0.4 is 10.3 Å². The fourth-order valence-corrected chi connectivity index (χ4v) is 3.84. The zero-order valence-electron chi connectivity index (χ0n) is 15.6. The molecule has 0 aliphatic carbocycles. The van der Waals surface area contributed by atoms with Crippen molar-refractivity contribution in [2.24, 2.45) is 0 Å². The molecule has 1 N–H and O–H groups in total. The number of anilines is 1. The number of halogens is 1. The molecule has 0 spiro atoms. The molecular weight excluding hydrogens is 376 g/mol. The molecule has 0 saturated carbocycles. The first-order valence-electron chi connectivity index (χ1n) is 9.52. The Morgan fingerprint density at radius 1 is 0.929 bits per heavy atom. The van der Waals surface area contributed by atoms with E-state index in [0.717, 1.165) is 39.3 Å². The number of nitrogens with one attached hydrogen (secondary N) is 1. The molecule has 0 bridgehead atoms. The van der Waals surface area contributed by atoms with Gasteiger partial charge in [-0.3, -0.25) is 19.9 Å². The van der Waals surface area contributed by atoms with Gasteiger partial charge in [-0.05, 0) is 23.8 Å². The smallest absolute Gasteiger partial charge is 0.299 e.